The zero-order valence-electron chi connectivity index (χ0n) is 28.5. The number of aryl methyl sites for hydroxylation is 2. The smallest absolute Gasteiger partial charge is 0.247 e. The van der Waals surface area contributed by atoms with E-state index >= 15 is 0 Å². The minimum atomic E-state index is -1.98. The first-order valence-corrected chi connectivity index (χ1v) is 20.2. The average Bonchev–Trinajstić information content (AvgIpc) is 3.70. The number of aliphatic hydroxyl groups excluding tert-OH is 1. The summed E-state index contributed by atoms with van der Waals surface area (Å²) in [5, 5.41) is 25.5. The molecule has 1 saturated heterocycles. The zero-order valence-corrected chi connectivity index (χ0v) is 29.5. The first kappa shape index (κ1) is 33.8. The van der Waals surface area contributed by atoms with Crippen LogP contribution in [0.5, 0.6) is 5.75 Å². The second-order valence-corrected chi connectivity index (χ2v) is 18.3. The van der Waals surface area contributed by atoms with Crippen LogP contribution in [0.4, 0.5) is 5.69 Å². The van der Waals surface area contributed by atoms with E-state index in [0.29, 0.717) is 30.7 Å². The third kappa shape index (κ3) is 7.46. The lowest BCUT2D eigenvalue weighted by atomic mass is 9.95. The van der Waals surface area contributed by atoms with Crippen LogP contribution in [0, 0.1) is 5.92 Å². The van der Waals surface area contributed by atoms with E-state index in [1.807, 2.05) is 53.3 Å². The molecule has 6 rings (SSSR count). The molecule has 1 fully saturated rings. The molecule has 0 saturated carbocycles. The van der Waals surface area contributed by atoms with E-state index < -0.39 is 8.07 Å². The van der Waals surface area contributed by atoms with Crippen molar-refractivity contribution in [2.45, 2.75) is 82.8 Å². The van der Waals surface area contributed by atoms with Crippen molar-refractivity contribution in [2.75, 3.05) is 18.7 Å². The van der Waals surface area contributed by atoms with Crippen LogP contribution in [-0.4, -0.2) is 65.7 Å². The highest BCUT2D eigenvalue weighted by molar-refractivity contribution is 6.91. The molecule has 2 aliphatic heterocycles. The Morgan fingerprint density at radius 3 is 2.40 bits per heavy atom. The van der Waals surface area contributed by atoms with E-state index in [-0.39, 0.29) is 24.7 Å². The molecule has 0 unspecified atom stereocenters. The SMILES string of the molecule is COc1ccc([Si](C)(C)[C@@H]2[C@@H](C)[C@@H](CCc3ccc(N4N=C(c5ccccc5)CCC4=O)cc3)O[C@H]2CCn2cc(CCO)nn2)cc1. The van der Waals surface area contributed by atoms with Gasteiger partial charge in [-0.3, -0.25) is 9.48 Å². The van der Waals surface area contributed by atoms with Crippen LogP contribution in [0.25, 0.3) is 0 Å². The summed E-state index contributed by atoms with van der Waals surface area (Å²) in [6.07, 6.45) is 6.44. The number of methoxy groups -OCH3 is 1. The van der Waals surface area contributed by atoms with Crippen LogP contribution >= 0.6 is 0 Å². The lowest BCUT2D eigenvalue weighted by Crippen LogP contribution is -2.50. The molecule has 3 aromatic carbocycles. The Kier molecular flexibility index (Phi) is 10.5. The van der Waals surface area contributed by atoms with Gasteiger partial charge in [0.2, 0.25) is 5.91 Å². The van der Waals surface area contributed by atoms with Crippen molar-refractivity contribution in [3.63, 3.8) is 0 Å². The minimum absolute atomic E-state index is 0.0202. The van der Waals surface area contributed by atoms with Crippen LogP contribution in [0.15, 0.2) is 90.2 Å². The van der Waals surface area contributed by atoms with Crippen LogP contribution < -0.4 is 14.9 Å². The maximum absolute atomic E-state index is 12.8. The minimum Gasteiger partial charge on any atom is -0.497 e. The van der Waals surface area contributed by atoms with Gasteiger partial charge >= 0.3 is 0 Å². The highest BCUT2D eigenvalue weighted by Crippen LogP contribution is 2.46. The number of hydrogen-bond acceptors (Lipinski definition) is 7. The summed E-state index contributed by atoms with van der Waals surface area (Å²) in [5.41, 5.74) is 5.23. The third-order valence-electron chi connectivity index (χ3n) is 10.2. The van der Waals surface area contributed by atoms with Crippen LogP contribution in [0.1, 0.15) is 49.4 Å². The predicted octanol–water partition coefficient (Wildman–Crippen LogP) is 5.76. The van der Waals surface area contributed by atoms with Crippen molar-refractivity contribution in [1.82, 2.24) is 15.0 Å². The molecule has 4 aromatic rings. The summed E-state index contributed by atoms with van der Waals surface area (Å²) >= 11 is 0. The van der Waals surface area contributed by atoms with Gasteiger partial charge in [-0.2, -0.15) is 5.10 Å². The van der Waals surface area contributed by atoms with Gasteiger partial charge < -0.3 is 14.6 Å². The van der Waals surface area contributed by atoms with Gasteiger partial charge in [0.1, 0.15) is 5.75 Å². The Labute approximate surface area is 284 Å². The summed E-state index contributed by atoms with van der Waals surface area (Å²) in [7, 11) is -0.270. The van der Waals surface area contributed by atoms with Gasteiger partial charge in [-0.15, -0.1) is 5.10 Å². The van der Waals surface area contributed by atoms with Crippen molar-refractivity contribution < 1.29 is 19.4 Å². The number of aliphatic hydroxyl groups is 1. The molecule has 0 aliphatic carbocycles. The van der Waals surface area contributed by atoms with E-state index in [1.54, 1.807) is 12.1 Å². The molecular weight excluding hydrogens is 619 g/mol. The maximum Gasteiger partial charge on any atom is 0.247 e. The number of rotatable bonds is 13. The largest absolute Gasteiger partial charge is 0.497 e. The fourth-order valence-electron chi connectivity index (χ4n) is 7.56. The maximum atomic E-state index is 12.8. The zero-order chi connectivity index (χ0) is 33.7. The van der Waals surface area contributed by atoms with Gasteiger partial charge in [0.05, 0.1) is 44.5 Å². The molecule has 1 aromatic heterocycles. The summed E-state index contributed by atoms with van der Waals surface area (Å²) < 4.78 is 14.3. The molecule has 0 radical (unpaired) electrons. The monoisotopic (exact) mass is 665 g/mol. The van der Waals surface area contributed by atoms with Gasteiger partial charge in [-0.05, 0) is 66.1 Å². The van der Waals surface area contributed by atoms with Crippen molar-refractivity contribution >= 4 is 30.6 Å². The van der Waals surface area contributed by atoms with Gasteiger partial charge in [-0.1, -0.05) is 85.0 Å². The Bertz CT molecular complexity index is 1690. The van der Waals surface area contributed by atoms with E-state index in [9.17, 15) is 9.90 Å². The molecule has 9 nitrogen and oxygen atoms in total. The number of nitrogens with zero attached hydrogens (tertiary/aromatic N) is 5. The summed E-state index contributed by atoms with van der Waals surface area (Å²) in [4.78, 5) is 12.8. The number of benzene rings is 3. The van der Waals surface area contributed by atoms with Gasteiger partial charge in [0.15, 0.2) is 0 Å². The topological polar surface area (TPSA) is 102 Å². The van der Waals surface area contributed by atoms with Crippen LogP contribution in [-0.2, 0) is 28.9 Å². The van der Waals surface area contributed by atoms with E-state index in [2.05, 4.69) is 66.7 Å². The predicted molar refractivity (Wildman–Crippen MR) is 192 cm³/mol. The second-order valence-electron chi connectivity index (χ2n) is 13.6. The fraction of sp³-hybridized carbons (Fsp3) is 0.421. The van der Waals surface area contributed by atoms with E-state index in [1.165, 1.54) is 10.8 Å². The normalized spacial score (nSPS) is 21.4. The number of amides is 1. The molecule has 0 bridgehead atoms. The highest BCUT2D eigenvalue weighted by Gasteiger charge is 2.50. The number of anilines is 1. The van der Waals surface area contributed by atoms with Gasteiger partial charge in [0.25, 0.3) is 0 Å². The van der Waals surface area contributed by atoms with Crippen LogP contribution in [0.2, 0.25) is 18.6 Å². The van der Waals surface area contributed by atoms with Crippen molar-refractivity contribution in [2.24, 2.45) is 11.0 Å². The lowest BCUT2D eigenvalue weighted by molar-refractivity contribution is -0.118. The fourth-order valence-corrected chi connectivity index (χ4v) is 11.7. The summed E-state index contributed by atoms with van der Waals surface area (Å²) in [5.74, 6) is 1.28. The van der Waals surface area contributed by atoms with Crippen LogP contribution in [0.3, 0.4) is 0 Å². The Balaban J connectivity index is 1.15. The van der Waals surface area contributed by atoms with Gasteiger partial charge in [0, 0.05) is 38.6 Å². The third-order valence-corrected chi connectivity index (χ3v) is 14.6. The number of aromatic nitrogens is 3. The van der Waals surface area contributed by atoms with Crippen molar-refractivity contribution in [1.29, 1.82) is 0 Å². The summed E-state index contributed by atoms with van der Waals surface area (Å²) in [6, 6.07) is 27.0. The highest BCUT2D eigenvalue weighted by atomic mass is 28.3. The first-order valence-electron chi connectivity index (χ1n) is 17.1. The number of hydrazone groups is 1. The number of carbonyl (C=O) groups is 1. The number of carbonyl (C=O) groups excluding carboxylic acids is 1. The molecule has 3 heterocycles. The van der Waals surface area contributed by atoms with Crippen molar-refractivity contribution in [3.8, 4) is 5.75 Å². The Hall–Kier alpha value is -4.12. The molecule has 252 valence electrons. The van der Waals surface area contributed by atoms with Crippen molar-refractivity contribution in [3.05, 3.63) is 102 Å². The molecule has 1 N–H and O–H groups in total. The Morgan fingerprint density at radius 1 is 0.938 bits per heavy atom. The molecule has 4 atom stereocenters. The molecule has 48 heavy (non-hydrogen) atoms. The first-order chi connectivity index (χ1) is 23.3. The lowest BCUT2D eigenvalue weighted by Gasteiger charge is -2.36. The average molecular weight is 666 g/mol. The molecule has 1 amide bonds. The van der Waals surface area contributed by atoms with Gasteiger partial charge in [-0.25, -0.2) is 5.01 Å². The standard InChI is InChI=1S/C38H47N5O4Si/c1-27-35(20-12-28-10-13-31(14-11-28)43-37(45)21-19-34(40-43)29-8-6-5-7-9-29)47-36(22-24-42-26-30(23-25-44)39-41-42)38(27)48(3,4)33-17-15-32(46-2)16-18-33/h5-11,13-18,26-27,35-36,38,44H,12,19-25H2,1-4H3/t27-,35+,36-,38+/m0/s1. The molecule has 2 aliphatic rings. The van der Waals surface area contributed by atoms with E-state index in [4.69, 9.17) is 14.6 Å². The Morgan fingerprint density at radius 2 is 1.69 bits per heavy atom. The number of hydrogen-bond donors (Lipinski definition) is 1. The summed E-state index contributed by atoms with van der Waals surface area (Å²) in [6.45, 7) is 8.09. The second kappa shape index (κ2) is 15.0. The quantitative estimate of drug-likeness (QED) is 0.182. The molecular formula is C38H47N5O4Si. The molecule has 10 heteroatoms. The number of ether oxygens (including phenoxy) is 2. The van der Waals surface area contributed by atoms with E-state index in [0.717, 1.165) is 54.2 Å². The molecule has 0 spiro atoms.